The average Bonchev–Trinajstić information content (AvgIpc) is 1.89. The molecule has 0 fully saturated rings. The zero-order valence-electron chi connectivity index (χ0n) is 5.57. The van der Waals surface area contributed by atoms with Gasteiger partial charge in [0.2, 0.25) is 0 Å². The molecule has 5 heteroatoms. The zero-order chi connectivity index (χ0) is 8.57. The van der Waals surface area contributed by atoms with Gasteiger partial charge in [0.05, 0.1) is 5.75 Å². The van der Waals surface area contributed by atoms with Crippen LogP contribution >= 0.6 is 25.3 Å². The molecule has 3 nitrogen and oxygen atoms in total. The maximum atomic E-state index is 9.68. The third kappa shape index (κ3) is 24.9. The molecule has 0 aliphatic carbocycles. The normalized spacial score (nSPS) is 7.50. The second-order valence-electron chi connectivity index (χ2n) is 1.30. The van der Waals surface area contributed by atoms with E-state index in [9.17, 15) is 9.59 Å². The Morgan fingerprint density at radius 1 is 1.50 bits per heavy atom. The predicted octanol–water partition coefficient (Wildman–Crippen LogP) is 0.854. The van der Waals surface area contributed by atoms with E-state index in [4.69, 9.17) is 5.11 Å². The first-order valence-electron chi connectivity index (χ1n) is 2.59. The molecule has 1 N–H and O–H groups in total. The fourth-order valence-corrected chi connectivity index (χ4v) is 0. The molecule has 0 aromatic heterocycles. The summed E-state index contributed by atoms with van der Waals surface area (Å²) in [7, 11) is 0. The molecule has 0 spiro atoms. The molecule has 0 radical (unpaired) electrons. The Balaban J connectivity index is 0. The summed E-state index contributed by atoms with van der Waals surface area (Å²) in [6, 6.07) is 0. The van der Waals surface area contributed by atoms with Crippen LogP contribution < -0.4 is 0 Å². The molecule has 0 saturated heterocycles. The van der Waals surface area contributed by atoms with Gasteiger partial charge in [0.15, 0.2) is 5.12 Å². The van der Waals surface area contributed by atoms with Crippen molar-refractivity contribution >= 4 is 36.3 Å². The molecule has 0 bridgehead atoms. The van der Waals surface area contributed by atoms with Gasteiger partial charge in [0.25, 0.3) is 0 Å². The molecule has 60 valence electrons. The summed E-state index contributed by atoms with van der Waals surface area (Å²) in [5, 5.41) is 7.59. The number of rotatable bonds is 2. The van der Waals surface area contributed by atoms with Crippen LogP contribution in [0, 0.1) is 0 Å². The molecule has 0 saturated carbocycles. The van der Waals surface area contributed by atoms with Gasteiger partial charge in [0.1, 0.15) is 0 Å². The van der Waals surface area contributed by atoms with Crippen LogP contribution in [0.3, 0.4) is 0 Å². The number of aliphatic carboxylic acids is 1. The Morgan fingerprint density at radius 3 is 1.70 bits per heavy atom. The number of hydrogen-bond acceptors (Lipinski definition) is 3. The van der Waals surface area contributed by atoms with E-state index >= 15 is 0 Å². The first kappa shape index (κ1) is 12.5. The minimum Gasteiger partial charge on any atom is -0.481 e. The van der Waals surface area contributed by atoms with Gasteiger partial charge in [-0.25, -0.2) is 0 Å². The highest BCUT2D eigenvalue weighted by atomic mass is 32.1. The number of thiol groups is 2. The number of carbonyl (C=O) groups excluding carboxylic acids is 1. The van der Waals surface area contributed by atoms with Crippen LogP contribution in [-0.2, 0) is 9.59 Å². The number of carbonyl (C=O) groups is 2. The molecule has 0 aliphatic heterocycles. The average molecular weight is 182 g/mol. The van der Waals surface area contributed by atoms with Gasteiger partial charge in [-0.1, -0.05) is 6.92 Å². The lowest BCUT2D eigenvalue weighted by molar-refractivity contribution is -0.133. The van der Waals surface area contributed by atoms with Gasteiger partial charge in [-0.2, -0.15) is 12.6 Å². The summed E-state index contributed by atoms with van der Waals surface area (Å²) in [6.07, 6.45) is 0.531. The lowest BCUT2D eigenvalue weighted by Crippen LogP contribution is -1.92. The third-order valence-electron chi connectivity index (χ3n) is 0.438. The quantitative estimate of drug-likeness (QED) is 0.555. The van der Waals surface area contributed by atoms with E-state index in [2.05, 4.69) is 25.3 Å². The summed E-state index contributed by atoms with van der Waals surface area (Å²) in [5.41, 5.74) is 0. The fourth-order valence-electron chi connectivity index (χ4n) is 0. The topological polar surface area (TPSA) is 54.4 Å². The van der Waals surface area contributed by atoms with E-state index in [-0.39, 0.29) is 10.9 Å². The molecule has 10 heavy (non-hydrogen) atoms. The van der Waals surface area contributed by atoms with Crippen LogP contribution in [0.25, 0.3) is 0 Å². The highest BCUT2D eigenvalue weighted by Gasteiger charge is 1.81. The van der Waals surface area contributed by atoms with Crippen LogP contribution in [0.15, 0.2) is 0 Å². The smallest absolute Gasteiger partial charge is 0.313 e. The van der Waals surface area contributed by atoms with E-state index in [1.807, 2.05) is 0 Å². The lowest BCUT2D eigenvalue weighted by Gasteiger charge is -1.71. The molecular formula is C5H10O3S2. The Morgan fingerprint density at radius 2 is 1.70 bits per heavy atom. The van der Waals surface area contributed by atoms with Crippen LogP contribution in [0.4, 0.5) is 0 Å². The molecular weight excluding hydrogens is 172 g/mol. The van der Waals surface area contributed by atoms with E-state index < -0.39 is 5.97 Å². The highest BCUT2D eigenvalue weighted by Crippen LogP contribution is 1.80. The monoisotopic (exact) mass is 182 g/mol. The number of hydrogen-bond donors (Lipinski definition) is 3. The van der Waals surface area contributed by atoms with Crippen molar-refractivity contribution in [2.24, 2.45) is 0 Å². The molecule has 0 aromatic rings. The van der Waals surface area contributed by atoms with Gasteiger partial charge >= 0.3 is 5.97 Å². The fraction of sp³-hybridized carbons (Fsp3) is 0.600. The molecule has 0 aromatic carbocycles. The minimum atomic E-state index is -0.881. The molecule has 0 unspecified atom stereocenters. The summed E-state index contributed by atoms with van der Waals surface area (Å²) >= 11 is 6.88. The van der Waals surface area contributed by atoms with Crippen molar-refractivity contribution in [3.05, 3.63) is 0 Å². The van der Waals surface area contributed by atoms with E-state index in [1.165, 1.54) is 0 Å². The van der Waals surface area contributed by atoms with Crippen molar-refractivity contribution in [1.29, 1.82) is 0 Å². The second-order valence-corrected chi connectivity index (χ2v) is 2.11. The summed E-state index contributed by atoms with van der Waals surface area (Å²) in [6.45, 7) is 1.77. The van der Waals surface area contributed by atoms with Gasteiger partial charge in [-0.3, -0.25) is 9.59 Å². The molecule has 0 aliphatic rings. The van der Waals surface area contributed by atoms with Crippen LogP contribution in [0.1, 0.15) is 13.3 Å². The molecule has 0 amide bonds. The van der Waals surface area contributed by atoms with Gasteiger partial charge in [0, 0.05) is 6.42 Å². The van der Waals surface area contributed by atoms with Crippen molar-refractivity contribution in [1.82, 2.24) is 0 Å². The summed E-state index contributed by atoms with van der Waals surface area (Å²) < 4.78 is 0. The Kier molecular flexibility index (Phi) is 11.1. The van der Waals surface area contributed by atoms with Crippen molar-refractivity contribution in [3.63, 3.8) is 0 Å². The van der Waals surface area contributed by atoms with Crippen molar-refractivity contribution in [3.8, 4) is 0 Å². The number of carboxylic acids is 1. The summed E-state index contributed by atoms with van der Waals surface area (Å²) in [4.78, 5) is 19.0. The molecule has 0 rings (SSSR count). The highest BCUT2D eigenvalue weighted by molar-refractivity contribution is 7.96. The second kappa shape index (κ2) is 8.84. The minimum absolute atomic E-state index is 0.0509. The molecule has 0 heterocycles. The Hall–Kier alpha value is -0.160. The third-order valence-corrected chi connectivity index (χ3v) is 1.02. The largest absolute Gasteiger partial charge is 0.481 e. The van der Waals surface area contributed by atoms with Crippen LogP contribution in [0.2, 0.25) is 0 Å². The SMILES string of the molecule is CCC(=O)S.O=C(O)CS. The standard InChI is InChI=1S/C3H6OS.C2H4O2S/c1-2-3(4)5;3-2(4)1-5/h2H2,1H3,(H,4,5);5H,1H2,(H,3,4). The lowest BCUT2D eigenvalue weighted by atomic mass is 10.6. The molecule has 0 atom stereocenters. The van der Waals surface area contributed by atoms with Crippen molar-refractivity contribution in [2.45, 2.75) is 13.3 Å². The zero-order valence-corrected chi connectivity index (χ0v) is 7.36. The Labute approximate surface area is 70.6 Å². The van der Waals surface area contributed by atoms with Crippen molar-refractivity contribution < 1.29 is 14.7 Å². The Bertz CT molecular complexity index is 99.5. The van der Waals surface area contributed by atoms with Crippen LogP contribution in [0.5, 0.6) is 0 Å². The number of carboxylic acid groups (broad SMARTS) is 1. The van der Waals surface area contributed by atoms with Gasteiger partial charge < -0.3 is 5.11 Å². The van der Waals surface area contributed by atoms with Crippen LogP contribution in [-0.4, -0.2) is 21.9 Å². The van der Waals surface area contributed by atoms with E-state index in [0.717, 1.165) is 0 Å². The first-order chi connectivity index (χ1) is 4.54. The predicted molar refractivity (Wildman–Crippen MR) is 45.8 cm³/mol. The van der Waals surface area contributed by atoms with Gasteiger partial charge in [-0.05, 0) is 0 Å². The maximum Gasteiger partial charge on any atom is 0.313 e. The summed E-state index contributed by atoms with van der Waals surface area (Å²) in [5.74, 6) is -0.965. The van der Waals surface area contributed by atoms with E-state index in [0.29, 0.717) is 6.42 Å². The first-order valence-corrected chi connectivity index (χ1v) is 3.67. The van der Waals surface area contributed by atoms with Gasteiger partial charge in [-0.15, -0.1) is 12.6 Å². The van der Waals surface area contributed by atoms with Crippen molar-refractivity contribution in [2.75, 3.05) is 5.75 Å². The maximum absolute atomic E-state index is 9.68. The van der Waals surface area contributed by atoms with E-state index in [1.54, 1.807) is 6.92 Å².